The number of aromatic nitrogens is 13. The van der Waals surface area contributed by atoms with Gasteiger partial charge in [-0.05, 0) is 131 Å². The highest BCUT2D eigenvalue weighted by atomic mass is 15.5. The van der Waals surface area contributed by atoms with E-state index in [1.54, 1.807) is 22.0 Å². The maximum atomic E-state index is 5.18. The first-order chi connectivity index (χ1) is 50.5. The van der Waals surface area contributed by atoms with Crippen LogP contribution in [0.25, 0.3) is 189 Å². The van der Waals surface area contributed by atoms with E-state index < -0.39 is 0 Å². The van der Waals surface area contributed by atoms with Crippen molar-refractivity contribution in [3.63, 3.8) is 0 Å². The Morgan fingerprint density at radius 1 is 0.206 bits per heavy atom. The molecule has 13 nitrogen and oxygen atoms in total. The molecule has 0 aliphatic carbocycles. The third kappa shape index (κ3) is 10.8. The van der Waals surface area contributed by atoms with E-state index in [0.717, 1.165) is 189 Å². The smallest absolute Gasteiger partial charge is 0.122 e. The Bertz CT molecular complexity index is 6520. The lowest BCUT2D eigenvalue weighted by Crippen LogP contribution is -1.97. The zero-order valence-corrected chi connectivity index (χ0v) is 54.6. The molecular formula is C89H55N13. The third-order valence-electron chi connectivity index (χ3n) is 18.8. The van der Waals surface area contributed by atoms with Crippen molar-refractivity contribution >= 4 is 87.2 Å². The van der Waals surface area contributed by atoms with Gasteiger partial charge in [0.15, 0.2) is 0 Å². The fourth-order valence-corrected chi connectivity index (χ4v) is 13.8. The molecule has 0 bridgehead atoms. The first-order valence-electron chi connectivity index (χ1n) is 33.7. The van der Waals surface area contributed by atoms with Gasteiger partial charge < -0.3 is 0 Å². The predicted octanol–water partition coefficient (Wildman–Crippen LogP) is 20.9. The molecule has 0 radical (unpaired) electrons. The summed E-state index contributed by atoms with van der Waals surface area (Å²) in [6.45, 7) is 0. The largest absolute Gasteiger partial charge is 0.255 e. The van der Waals surface area contributed by atoms with Crippen LogP contribution in [0, 0.1) is 0 Å². The van der Waals surface area contributed by atoms with Crippen molar-refractivity contribution in [1.82, 2.24) is 64.9 Å². The fraction of sp³-hybridized carbons (Fsp3) is 0. The Morgan fingerprint density at radius 3 is 1.04 bits per heavy atom. The van der Waals surface area contributed by atoms with Crippen molar-refractivity contribution in [2.45, 2.75) is 0 Å². The predicted molar refractivity (Wildman–Crippen MR) is 411 cm³/mol. The second-order valence-electron chi connectivity index (χ2n) is 25.1. The summed E-state index contributed by atoms with van der Waals surface area (Å²) < 4.78 is 0. The summed E-state index contributed by atoms with van der Waals surface area (Å²) in [6, 6.07) is 110. The van der Waals surface area contributed by atoms with Gasteiger partial charge in [0, 0.05) is 77.7 Å². The molecule has 0 aliphatic rings. The second-order valence-corrected chi connectivity index (χ2v) is 25.1. The highest BCUT2D eigenvalue weighted by molar-refractivity contribution is 6.22. The summed E-state index contributed by atoms with van der Waals surface area (Å²) in [5.74, 6) is 0. The molecule has 0 saturated heterocycles. The van der Waals surface area contributed by atoms with Crippen LogP contribution in [0.5, 0.6) is 0 Å². The van der Waals surface area contributed by atoms with Gasteiger partial charge in [0.25, 0.3) is 0 Å². The van der Waals surface area contributed by atoms with Gasteiger partial charge in [-0.3, -0.25) is 9.97 Å². The summed E-state index contributed by atoms with van der Waals surface area (Å²) in [6.07, 6.45) is 3.58. The summed E-state index contributed by atoms with van der Waals surface area (Å²) >= 11 is 0. The quantitative estimate of drug-likeness (QED) is 0.120. The van der Waals surface area contributed by atoms with E-state index in [9.17, 15) is 0 Å². The van der Waals surface area contributed by atoms with Crippen LogP contribution in [-0.4, -0.2) is 64.9 Å². The molecule has 0 unspecified atom stereocenters. The monoisotopic (exact) mass is 1310 g/mol. The first-order valence-corrected chi connectivity index (χ1v) is 33.7. The third-order valence-corrected chi connectivity index (χ3v) is 18.8. The van der Waals surface area contributed by atoms with Crippen LogP contribution in [0.2, 0.25) is 0 Å². The van der Waals surface area contributed by atoms with Crippen molar-refractivity contribution < 1.29 is 0 Å². The molecular weight excluding hydrogens is 1250 g/mol. The summed E-state index contributed by atoms with van der Waals surface area (Å²) in [4.78, 5) is 38.1. The van der Waals surface area contributed by atoms with Gasteiger partial charge in [0.1, 0.15) is 22.1 Å². The molecule has 20 aromatic rings. The van der Waals surface area contributed by atoms with Gasteiger partial charge in [-0.2, -0.15) is 9.59 Å². The first kappa shape index (κ1) is 59.1. The zero-order valence-electron chi connectivity index (χ0n) is 54.6. The summed E-state index contributed by atoms with van der Waals surface area (Å²) in [5.41, 5.74) is 24.3. The molecule has 476 valence electrons. The highest BCUT2D eigenvalue weighted by Crippen LogP contribution is 2.41. The molecule has 102 heavy (non-hydrogen) atoms. The lowest BCUT2D eigenvalue weighted by molar-refractivity contribution is 0.766. The number of para-hydroxylation sites is 4. The van der Waals surface area contributed by atoms with Gasteiger partial charge in [-0.25, -0.2) is 24.9 Å². The highest BCUT2D eigenvalue weighted by Gasteiger charge is 2.21. The minimum absolute atomic E-state index is 0.805. The Labute approximate surface area is 584 Å². The van der Waals surface area contributed by atoms with E-state index in [-0.39, 0.29) is 0 Å². The molecule has 11 aromatic carbocycles. The lowest BCUT2D eigenvalue weighted by Gasteiger charge is -2.12. The van der Waals surface area contributed by atoms with Crippen molar-refractivity contribution in [3.8, 4) is 101 Å². The van der Waals surface area contributed by atoms with Crippen LogP contribution in [0.15, 0.2) is 334 Å². The van der Waals surface area contributed by atoms with Crippen molar-refractivity contribution in [2.75, 3.05) is 0 Å². The van der Waals surface area contributed by atoms with Crippen molar-refractivity contribution in [1.29, 1.82) is 0 Å². The Hall–Kier alpha value is -14.2. The van der Waals surface area contributed by atoms with Gasteiger partial charge in [-0.15, -0.1) is 20.4 Å². The standard InChI is InChI=1S/C46H29N7.C43H26N6/c1-2-10-35(11-3-1)53-51-41-25-24-37-44(46(41)52-53)36-12-4-5-13-38(36)50-45(37)33-22-20-31(21-23-33)30-16-18-32(19-17-30)34-28-42(39-14-6-8-26-47-39)49-43(29-34)40-15-7-9-27-48-40;1-3-9-27(10-4-1)35-24-21-30-19-20-31-22-25-36(45-42(31)41(30)44-35)28-15-17-29(18-16-28)40-34-23-26-38-43(39(34)33-13-7-8-14-37(33)46-40)48-49(47-38)32-11-5-2-6-12-32/h1-29H;1-26H. The van der Waals surface area contributed by atoms with Crippen molar-refractivity contribution in [3.05, 3.63) is 334 Å². The Morgan fingerprint density at radius 2 is 0.588 bits per heavy atom. The van der Waals surface area contributed by atoms with Gasteiger partial charge in [-0.1, -0.05) is 212 Å². The lowest BCUT2D eigenvalue weighted by atomic mass is 9.96. The molecule has 9 aromatic heterocycles. The molecule has 0 saturated carbocycles. The number of benzene rings is 11. The topological polar surface area (TPSA) is 152 Å². The van der Waals surface area contributed by atoms with Crippen LogP contribution < -0.4 is 0 Å². The minimum atomic E-state index is 0.805. The molecule has 0 spiro atoms. The van der Waals surface area contributed by atoms with Crippen LogP contribution in [-0.2, 0) is 0 Å². The van der Waals surface area contributed by atoms with E-state index in [1.165, 1.54) is 0 Å². The van der Waals surface area contributed by atoms with Gasteiger partial charge >= 0.3 is 0 Å². The summed E-state index contributed by atoms with van der Waals surface area (Å²) in [5, 5.41) is 28.0. The van der Waals surface area contributed by atoms with Gasteiger partial charge in [0.05, 0.1) is 79.0 Å². The minimum Gasteiger partial charge on any atom is -0.255 e. The molecule has 0 amide bonds. The van der Waals surface area contributed by atoms with Crippen LogP contribution in [0.1, 0.15) is 0 Å². The van der Waals surface area contributed by atoms with E-state index in [2.05, 4.69) is 192 Å². The van der Waals surface area contributed by atoms with Crippen molar-refractivity contribution in [2.24, 2.45) is 0 Å². The van der Waals surface area contributed by atoms with Gasteiger partial charge in [0.2, 0.25) is 0 Å². The average molecular weight is 1310 g/mol. The fourth-order valence-electron chi connectivity index (χ4n) is 13.8. The number of nitrogens with zero attached hydrogens (tertiary/aromatic N) is 13. The van der Waals surface area contributed by atoms with E-state index in [0.29, 0.717) is 0 Å². The molecule has 0 N–H and O–H groups in total. The molecule has 9 heterocycles. The normalized spacial score (nSPS) is 11.5. The number of pyridine rings is 7. The summed E-state index contributed by atoms with van der Waals surface area (Å²) in [7, 11) is 0. The van der Waals surface area contributed by atoms with Crippen LogP contribution in [0.3, 0.4) is 0 Å². The Kier molecular flexibility index (Phi) is 14.5. The number of hydrogen-bond donors (Lipinski definition) is 0. The maximum Gasteiger partial charge on any atom is 0.122 e. The van der Waals surface area contributed by atoms with E-state index in [4.69, 9.17) is 45.3 Å². The zero-order chi connectivity index (χ0) is 67.5. The molecule has 0 fully saturated rings. The molecule has 0 aliphatic heterocycles. The number of rotatable bonds is 10. The molecule has 20 rings (SSSR count). The SMILES string of the molecule is c1ccc(-c2ccc3ccc4ccc(-c5ccc(-c6nc7ccccc7c7c6ccc6nn(-c8ccccc8)nc67)cc5)nc4c3n2)cc1.c1ccc(-n2nc3ccc4c(-c5ccc(-c6ccc(-c7cc(-c8ccccn8)nc(-c8ccccn8)c7)cc6)cc5)nc5ccccc5c4c3n2)cc1. The van der Waals surface area contributed by atoms with E-state index >= 15 is 0 Å². The van der Waals surface area contributed by atoms with Crippen LogP contribution in [0.4, 0.5) is 0 Å². The molecule has 13 heteroatoms. The number of fused-ring (bicyclic) bond motifs is 13. The van der Waals surface area contributed by atoms with Crippen LogP contribution >= 0.6 is 0 Å². The maximum absolute atomic E-state index is 5.18. The average Bonchev–Trinajstić information content (AvgIpc) is 1.43. The Balaban J connectivity index is 0.000000142. The van der Waals surface area contributed by atoms with E-state index in [1.807, 2.05) is 140 Å². The number of hydrogen-bond acceptors (Lipinski definition) is 11. The molecule has 0 atom stereocenters. The second kappa shape index (κ2) is 25.0.